The van der Waals surface area contributed by atoms with Gasteiger partial charge in [0.25, 0.3) is 10.0 Å². The monoisotopic (exact) mass is 375 g/mol. The van der Waals surface area contributed by atoms with E-state index in [-0.39, 0.29) is 16.5 Å². The predicted molar refractivity (Wildman–Crippen MR) is 82.3 cm³/mol. The van der Waals surface area contributed by atoms with E-state index >= 15 is 0 Å². The minimum atomic E-state index is -3.81. The maximum Gasteiger partial charge on any atom is 0.263 e. The fourth-order valence-corrected chi connectivity index (χ4v) is 3.61. The van der Waals surface area contributed by atoms with Crippen LogP contribution in [-0.4, -0.2) is 13.5 Å². The lowest BCUT2D eigenvalue weighted by Crippen LogP contribution is -2.13. The van der Waals surface area contributed by atoms with Gasteiger partial charge in [0.15, 0.2) is 0 Å². The lowest BCUT2D eigenvalue weighted by molar-refractivity contribution is 0.281. The van der Waals surface area contributed by atoms with E-state index < -0.39 is 10.0 Å². The van der Waals surface area contributed by atoms with E-state index in [4.69, 9.17) is 16.7 Å². The van der Waals surface area contributed by atoms with E-state index in [0.29, 0.717) is 11.3 Å². The first kappa shape index (κ1) is 15.3. The average Bonchev–Trinajstić information content (AvgIpc) is 2.38. The highest BCUT2D eigenvalue weighted by Crippen LogP contribution is 2.26. The number of anilines is 1. The van der Waals surface area contributed by atoms with Crippen LogP contribution >= 0.6 is 27.5 Å². The molecule has 0 radical (unpaired) electrons. The fourth-order valence-electron chi connectivity index (χ4n) is 1.61. The summed E-state index contributed by atoms with van der Waals surface area (Å²) >= 11 is 9.19. The van der Waals surface area contributed by atoms with Crippen molar-refractivity contribution in [3.63, 3.8) is 0 Å². The summed E-state index contributed by atoms with van der Waals surface area (Å²) < 4.78 is 27.8. The van der Waals surface area contributed by atoms with Gasteiger partial charge in [-0.2, -0.15) is 0 Å². The molecule has 0 aromatic heterocycles. The summed E-state index contributed by atoms with van der Waals surface area (Å²) in [5.41, 5.74) is 0.897. The van der Waals surface area contributed by atoms with Crippen LogP contribution in [0.15, 0.2) is 51.8 Å². The quantitative estimate of drug-likeness (QED) is 0.859. The molecule has 0 saturated heterocycles. The lowest BCUT2D eigenvalue weighted by Gasteiger charge is -2.10. The van der Waals surface area contributed by atoms with E-state index in [1.807, 2.05) is 0 Å². The second-order valence-electron chi connectivity index (χ2n) is 4.04. The Hall–Kier alpha value is -1.08. The molecular formula is C13H11BrClNO3S. The molecule has 0 amide bonds. The van der Waals surface area contributed by atoms with E-state index in [1.165, 1.54) is 12.1 Å². The van der Waals surface area contributed by atoms with Gasteiger partial charge in [-0.3, -0.25) is 4.72 Å². The number of hydrogen-bond donors (Lipinski definition) is 2. The van der Waals surface area contributed by atoms with Gasteiger partial charge in [0.05, 0.1) is 11.6 Å². The van der Waals surface area contributed by atoms with Gasteiger partial charge in [0, 0.05) is 10.2 Å². The maximum absolute atomic E-state index is 12.3. The first-order chi connectivity index (χ1) is 9.42. The Balaban J connectivity index is 2.40. The summed E-state index contributed by atoms with van der Waals surface area (Å²) in [7, 11) is -3.81. The molecule has 0 fully saturated rings. The molecule has 7 heteroatoms. The fraction of sp³-hybridized carbons (Fsp3) is 0.0769. The summed E-state index contributed by atoms with van der Waals surface area (Å²) in [5, 5.41) is 9.18. The van der Waals surface area contributed by atoms with Gasteiger partial charge in [-0.05, 0) is 35.9 Å². The highest BCUT2D eigenvalue weighted by atomic mass is 79.9. The zero-order valence-corrected chi connectivity index (χ0v) is 13.3. The molecule has 0 saturated carbocycles. The number of rotatable bonds is 4. The van der Waals surface area contributed by atoms with E-state index in [1.54, 1.807) is 30.3 Å². The average molecular weight is 377 g/mol. The lowest BCUT2D eigenvalue weighted by atomic mass is 10.2. The van der Waals surface area contributed by atoms with E-state index in [2.05, 4.69) is 20.7 Å². The van der Waals surface area contributed by atoms with Gasteiger partial charge in [-0.1, -0.05) is 39.7 Å². The van der Waals surface area contributed by atoms with Crippen LogP contribution < -0.4 is 4.72 Å². The van der Waals surface area contributed by atoms with Crippen molar-refractivity contribution in [3.8, 4) is 0 Å². The number of benzene rings is 2. The van der Waals surface area contributed by atoms with Crippen LogP contribution in [0.4, 0.5) is 5.69 Å². The van der Waals surface area contributed by atoms with E-state index in [9.17, 15) is 8.42 Å². The molecule has 0 spiro atoms. The zero-order valence-electron chi connectivity index (χ0n) is 10.2. The van der Waals surface area contributed by atoms with Crippen molar-refractivity contribution in [1.82, 2.24) is 0 Å². The third kappa shape index (κ3) is 3.52. The Morgan fingerprint density at radius 1 is 1.20 bits per heavy atom. The molecule has 106 valence electrons. The summed E-state index contributed by atoms with van der Waals surface area (Å²) in [6, 6.07) is 11.1. The maximum atomic E-state index is 12.3. The minimum Gasteiger partial charge on any atom is -0.392 e. The molecule has 2 aromatic rings. The second-order valence-corrected chi connectivity index (χ2v) is 7.01. The van der Waals surface area contributed by atoms with Crippen molar-refractivity contribution >= 4 is 43.2 Å². The number of aliphatic hydroxyl groups is 1. The Morgan fingerprint density at radius 2 is 1.95 bits per heavy atom. The molecule has 0 aliphatic carbocycles. The van der Waals surface area contributed by atoms with E-state index in [0.717, 1.165) is 4.47 Å². The summed E-state index contributed by atoms with van der Waals surface area (Å²) in [4.78, 5) is -0.0642. The smallest absolute Gasteiger partial charge is 0.263 e. The Labute approximate surface area is 130 Å². The third-order valence-electron chi connectivity index (χ3n) is 2.54. The molecule has 0 unspecified atom stereocenters. The van der Waals surface area contributed by atoms with Gasteiger partial charge in [0.1, 0.15) is 4.90 Å². The van der Waals surface area contributed by atoms with Crippen LogP contribution in [0, 0.1) is 0 Å². The standard InChI is InChI=1S/C13H11BrClNO3S/c14-10-2-1-3-11(7-10)16-20(18,19)13-6-9(8-17)4-5-12(13)15/h1-7,16-17H,8H2. The van der Waals surface area contributed by atoms with Gasteiger partial charge < -0.3 is 5.11 Å². The van der Waals surface area contributed by atoms with Gasteiger partial charge in [-0.25, -0.2) is 8.42 Å². The molecule has 0 bridgehead atoms. The third-order valence-corrected chi connectivity index (χ3v) is 4.90. The highest BCUT2D eigenvalue weighted by Gasteiger charge is 2.18. The predicted octanol–water partition coefficient (Wildman–Crippen LogP) is 3.40. The van der Waals surface area contributed by atoms with Crippen LogP contribution in [0.25, 0.3) is 0 Å². The number of hydrogen-bond acceptors (Lipinski definition) is 3. The van der Waals surface area contributed by atoms with Gasteiger partial charge >= 0.3 is 0 Å². The Kier molecular flexibility index (Phi) is 4.70. The number of aliphatic hydroxyl groups excluding tert-OH is 1. The van der Waals surface area contributed by atoms with Crippen LogP contribution in [0.1, 0.15) is 5.56 Å². The first-order valence-electron chi connectivity index (χ1n) is 5.60. The van der Waals surface area contributed by atoms with Gasteiger partial charge in [-0.15, -0.1) is 0 Å². The normalized spacial score (nSPS) is 11.3. The number of halogens is 2. The molecule has 20 heavy (non-hydrogen) atoms. The van der Waals surface area contributed by atoms with Crippen molar-refractivity contribution in [3.05, 3.63) is 57.5 Å². The molecule has 0 atom stereocenters. The molecule has 0 heterocycles. The molecule has 0 aliphatic rings. The summed E-state index contributed by atoms with van der Waals surface area (Å²) in [5.74, 6) is 0. The van der Waals surface area contributed by atoms with Crippen molar-refractivity contribution in [1.29, 1.82) is 0 Å². The van der Waals surface area contributed by atoms with Crippen molar-refractivity contribution < 1.29 is 13.5 Å². The van der Waals surface area contributed by atoms with Crippen LogP contribution in [0.3, 0.4) is 0 Å². The van der Waals surface area contributed by atoms with Crippen LogP contribution in [0.5, 0.6) is 0 Å². The highest BCUT2D eigenvalue weighted by molar-refractivity contribution is 9.10. The molecular weight excluding hydrogens is 366 g/mol. The first-order valence-corrected chi connectivity index (χ1v) is 8.25. The molecule has 2 aromatic carbocycles. The van der Waals surface area contributed by atoms with Crippen molar-refractivity contribution in [2.75, 3.05) is 4.72 Å². The molecule has 2 N–H and O–H groups in total. The second kappa shape index (κ2) is 6.13. The van der Waals surface area contributed by atoms with Crippen molar-refractivity contribution in [2.24, 2.45) is 0 Å². The summed E-state index contributed by atoms with van der Waals surface area (Å²) in [6.07, 6.45) is 0. The molecule has 4 nitrogen and oxygen atoms in total. The SMILES string of the molecule is O=S(=O)(Nc1cccc(Br)c1)c1cc(CO)ccc1Cl. The Bertz CT molecular complexity index is 734. The largest absolute Gasteiger partial charge is 0.392 e. The summed E-state index contributed by atoms with van der Waals surface area (Å²) in [6.45, 7) is -0.253. The van der Waals surface area contributed by atoms with Crippen LogP contribution in [0.2, 0.25) is 5.02 Å². The van der Waals surface area contributed by atoms with Crippen LogP contribution in [-0.2, 0) is 16.6 Å². The Morgan fingerprint density at radius 3 is 2.60 bits per heavy atom. The number of sulfonamides is 1. The topological polar surface area (TPSA) is 66.4 Å². The number of nitrogens with one attached hydrogen (secondary N) is 1. The molecule has 2 rings (SSSR count). The molecule has 0 aliphatic heterocycles. The van der Waals surface area contributed by atoms with Gasteiger partial charge in [0.2, 0.25) is 0 Å². The van der Waals surface area contributed by atoms with Crippen molar-refractivity contribution in [2.45, 2.75) is 11.5 Å². The minimum absolute atomic E-state index is 0.0642. The zero-order chi connectivity index (χ0) is 14.8.